The molecule has 3 N–H and O–H groups in total. The first-order valence-corrected chi connectivity index (χ1v) is 13.7. The SMILES string of the molecule is CN(CCC(=O)Nc1cc2c(cc1Cl)NC(=O)Nc1cnc(C#N)c(n1)OCCCCCO2)C1CCCCC1. The molecule has 11 nitrogen and oxygen atoms in total. The first-order chi connectivity index (χ1) is 18.9. The summed E-state index contributed by atoms with van der Waals surface area (Å²) in [6.07, 6.45) is 10.0. The second-order valence-corrected chi connectivity index (χ2v) is 10.2. The lowest BCUT2D eigenvalue weighted by molar-refractivity contribution is -0.116. The van der Waals surface area contributed by atoms with Gasteiger partial charge < -0.3 is 25.0 Å². The van der Waals surface area contributed by atoms with Gasteiger partial charge in [0.1, 0.15) is 11.8 Å². The maximum absolute atomic E-state index is 12.8. The van der Waals surface area contributed by atoms with E-state index in [0.717, 1.165) is 19.3 Å². The lowest BCUT2D eigenvalue weighted by atomic mass is 9.94. The quantitative estimate of drug-likeness (QED) is 0.458. The van der Waals surface area contributed by atoms with Crippen molar-refractivity contribution in [2.45, 2.75) is 63.8 Å². The fourth-order valence-electron chi connectivity index (χ4n) is 4.67. The molecule has 2 bridgehead atoms. The van der Waals surface area contributed by atoms with E-state index in [4.69, 9.17) is 21.1 Å². The number of halogens is 1. The molecule has 12 heteroatoms. The van der Waals surface area contributed by atoms with Crippen LogP contribution in [-0.2, 0) is 4.79 Å². The Hall–Kier alpha value is -3.62. The van der Waals surface area contributed by atoms with Crippen LogP contribution < -0.4 is 25.4 Å². The number of hydrogen-bond donors (Lipinski definition) is 3. The van der Waals surface area contributed by atoms with Gasteiger partial charge in [0.25, 0.3) is 5.88 Å². The molecule has 0 unspecified atom stereocenters. The third-order valence-corrected chi connectivity index (χ3v) is 7.17. The van der Waals surface area contributed by atoms with Crippen LogP contribution in [0.4, 0.5) is 22.0 Å². The average molecular weight is 556 g/mol. The molecule has 0 atom stereocenters. The van der Waals surface area contributed by atoms with E-state index in [2.05, 4.69) is 37.9 Å². The molecular weight excluding hydrogens is 522 g/mol. The number of nitrogens with zero attached hydrogens (tertiary/aromatic N) is 4. The molecule has 2 aromatic rings. The number of urea groups is 1. The molecule has 1 fully saturated rings. The number of carbonyl (C=O) groups excluding carboxylic acids is 2. The van der Waals surface area contributed by atoms with Crippen molar-refractivity contribution in [1.29, 1.82) is 5.26 Å². The molecule has 2 aliphatic rings. The molecule has 1 aliphatic heterocycles. The van der Waals surface area contributed by atoms with Crippen LogP contribution in [-0.4, -0.2) is 59.7 Å². The van der Waals surface area contributed by atoms with Gasteiger partial charge in [-0.05, 0) is 45.2 Å². The first-order valence-electron chi connectivity index (χ1n) is 13.4. The van der Waals surface area contributed by atoms with Crippen molar-refractivity contribution in [3.05, 3.63) is 29.0 Å². The van der Waals surface area contributed by atoms with Gasteiger partial charge in [0.2, 0.25) is 11.6 Å². The Bertz CT molecular complexity index is 1210. The van der Waals surface area contributed by atoms with Crippen LogP contribution in [0.15, 0.2) is 18.3 Å². The summed E-state index contributed by atoms with van der Waals surface area (Å²) in [5.41, 5.74) is 0.790. The Morgan fingerprint density at radius 3 is 2.67 bits per heavy atom. The molecule has 2 heterocycles. The third-order valence-electron chi connectivity index (χ3n) is 6.85. The summed E-state index contributed by atoms with van der Waals surface area (Å²) in [6, 6.07) is 5.02. The average Bonchev–Trinajstić information content (AvgIpc) is 2.93. The maximum atomic E-state index is 12.8. The normalized spacial score (nSPS) is 16.7. The Morgan fingerprint density at radius 2 is 1.90 bits per heavy atom. The Morgan fingerprint density at radius 1 is 1.15 bits per heavy atom. The molecule has 0 saturated heterocycles. The number of ether oxygens (including phenoxy) is 2. The minimum atomic E-state index is -0.613. The van der Waals surface area contributed by atoms with Gasteiger partial charge >= 0.3 is 6.03 Å². The summed E-state index contributed by atoms with van der Waals surface area (Å²) < 4.78 is 11.6. The highest BCUT2D eigenvalue weighted by atomic mass is 35.5. The van der Waals surface area contributed by atoms with Gasteiger partial charge in [0.05, 0.1) is 35.8 Å². The van der Waals surface area contributed by atoms with Crippen molar-refractivity contribution in [1.82, 2.24) is 14.9 Å². The lowest BCUT2D eigenvalue weighted by Gasteiger charge is -2.30. The molecule has 208 valence electrons. The number of fused-ring (bicyclic) bond motifs is 3. The zero-order valence-electron chi connectivity index (χ0n) is 22.1. The second-order valence-electron chi connectivity index (χ2n) is 9.76. The zero-order valence-corrected chi connectivity index (χ0v) is 22.9. The van der Waals surface area contributed by atoms with Crippen molar-refractivity contribution >= 4 is 40.7 Å². The molecule has 0 radical (unpaired) electrons. The van der Waals surface area contributed by atoms with Crippen LogP contribution in [0.5, 0.6) is 11.6 Å². The van der Waals surface area contributed by atoms with Gasteiger partial charge in [0, 0.05) is 25.1 Å². The van der Waals surface area contributed by atoms with Crippen molar-refractivity contribution in [3.63, 3.8) is 0 Å². The van der Waals surface area contributed by atoms with Gasteiger partial charge in [-0.3, -0.25) is 10.1 Å². The van der Waals surface area contributed by atoms with Crippen LogP contribution >= 0.6 is 11.6 Å². The van der Waals surface area contributed by atoms with Crippen LogP contribution in [0, 0.1) is 11.3 Å². The highest BCUT2D eigenvalue weighted by Gasteiger charge is 2.20. The number of carbonyl (C=O) groups is 2. The molecule has 3 amide bonds. The van der Waals surface area contributed by atoms with Gasteiger partial charge in [-0.15, -0.1) is 0 Å². The molecule has 1 saturated carbocycles. The third kappa shape index (κ3) is 8.18. The summed E-state index contributed by atoms with van der Waals surface area (Å²) >= 11 is 6.50. The smallest absolute Gasteiger partial charge is 0.325 e. The molecule has 1 aromatic heterocycles. The molecule has 4 rings (SSSR count). The number of aromatic nitrogens is 2. The van der Waals surface area contributed by atoms with E-state index in [1.807, 2.05) is 6.07 Å². The summed E-state index contributed by atoms with van der Waals surface area (Å²) in [6.45, 7) is 1.40. The highest BCUT2D eigenvalue weighted by Crippen LogP contribution is 2.35. The van der Waals surface area contributed by atoms with E-state index >= 15 is 0 Å². The van der Waals surface area contributed by atoms with Crippen molar-refractivity contribution in [2.75, 3.05) is 42.8 Å². The number of benzene rings is 1. The monoisotopic (exact) mass is 555 g/mol. The van der Waals surface area contributed by atoms with E-state index in [-0.39, 0.29) is 28.3 Å². The predicted octanol–water partition coefficient (Wildman–Crippen LogP) is 5.18. The van der Waals surface area contributed by atoms with Crippen molar-refractivity contribution in [2.24, 2.45) is 0 Å². The van der Waals surface area contributed by atoms with Crippen LogP contribution in [0.25, 0.3) is 0 Å². The number of nitriles is 1. The minimum absolute atomic E-state index is 0.0425. The van der Waals surface area contributed by atoms with Crippen molar-refractivity contribution < 1.29 is 19.1 Å². The maximum Gasteiger partial charge on any atom is 0.325 e. The molecule has 39 heavy (non-hydrogen) atoms. The molecule has 1 aromatic carbocycles. The second kappa shape index (κ2) is 14.0. The number of anilines is 3. The van der Waals surface area contributed by atoms with Crippen molar-refractivity contribution in [3.8, 4) is 17.7 Å². The summed E-state index contributed by atoms with van der Waals surface area (Å²) in [5, 5.41) is 17.7. The fourth-order valence-corrected chi connectivity index (χ4v) is 4.88. The Balaban J connectivity index is 1.45. The fraction of sp³-hybridized carbons (Fsp3) is 0.519. The van der Waals surface area contributed by atoms with Crippen LogP contribution in [0.2, 0.25) is 5.02 Å². The zero-order chi connectivity index (χ0) is 27.6. The van der Waals surface area contributed by atoms with Gasteiger partial charge in [-0.1, -0.05) is 30.9 Å². The topological polar surface area (TPSA) is 142 Å². The van der Waals surface area contributed by atoms with E-state index < -0.39 is 6.03 Å². The Kier molecular flexibility index (Phi) is 10.2. The van der Waals surface area contributed by atoms with E-state index in [9.17, 15) is 14.9 Å². The van der Waals surface area contributed by atoms with Gasteiger partial charge in [-0.25, -0.2) is 9.78 Å². The number of hydrogen-bond acceptors (Lipinski definition) is 8. The summed E-state index contributed by atoms with van der Waals surface area (Å²) in [5.74, 6) is 0.418. The van der Waals surface area contributed by atoms with E-state index in [0.29, 0.717) is 49.3 Å². The first kappa shape index (κ1) is 28.4. The lowest BCUT2D eigenvalue weighted by Crippen LogP contribution is -2.35. The van der Waals surface area contributed by atoms with Crippen LogP contribution in [0.1, 0.15) is 63.5 Å². The van der Waals surface area contributed by atoms with E-state index in [1.165, 1.54) is 44.4 Å². The number of amides is 3. The Labute approximate surface area is 233 Å². The molecule has 0 spiro atoms. The summed E-state index contributed by atoms with van der Waals surface area (Å²) in [7, 11) is 2.07. The molecule has 1 aliphatic carbocycles. The largest absolute Gasteiger partial charge is 0.491 e. The summed E-state index contributed by atoms with van der Waals surface area (Å²) in [4.78, 5) is 36.0. The standard InChI is InChI=1S/C27H34ClN7O4/c1-35(18-8-4-2-5-9-18)11-10-25(36)31-20-15-23-21(14-19(20)28)32-27(37)34-24-17-30-22(16-29)26(33-24)39-13-7-3-6-12-38-23/h14-15,17-18H,2-13H2,1H3,(H,31,36)(H2,32,33,34,37). The van der Waals surface area contributed by atoms with Gasteiger partial charge in [-0.2, -0.15) is 10.2 Å². The van der Waals surface area contributed by atoms with E-state index in [1.54, 1.807) is 6.07 Å². The van der Waals surface area contributed by atoms with Crippen LogP contribution in [0.3, 0.4) is 0 Å². The minimum Gasteiger partial charge on any atom is -0.491 e. The predicted molar refractivity (Wildman–Crippen MR) is 148 cm³/mol. The number of nitrogens with one attached hydrogen (secondary N) is 3. The van der Waals surface area contributed by atoms with Gasteiger partial charge in [0.15, 0.2) is 5.82 Å². The molecular formula is C27H34ClN7O4. The highest BCUT2D eigenvalue weighted by molar-refractivity contribution is 6.34. The number of rotatable bonds is 5.